The fourth-order valence-corrected chi connectivity index (χ4v) is 4.99. The Morgan fingerprint density at radius 3 is 2.06 bits per heavy atom. The van der Waals surface area contributed by atoms with Crippen molar-refractivity contribution in [2.45, 2.75) is 64.5 Å². The van der Waals surface area contributed by atoms with Gasteiger partial charge in [0.2, 0.25) is 5.91 Å². The maximum absolute atomic E-state index is 12.8. The summed E-state index contributed by atoms with van der Waals surface area (Å²) in [6.45, 7) is 6.28. The van der Waals surface area contributed by atoms with Gasteiger partial charge in [-0.15, -0.1) is 0 Å². The van der Waals surface area contributed by atoms with Crippen molar-refractivity contribution in [2.75, 3.05) is 6.61 Å². The molecule has 0 spiro atoms. The van der Waals surface area contributed by atoms with Crippen molar-refractivity contribution in [1.29, 1.82) is 0 Å². The van der Waals surface area contributed by atoms with E-state index in [1.165, 1.54) is 0 Å². The van der Waals surface area contributed by atoms with E-state index < -0.39 is 24.1 Å². The van der Waals surface area contributed by atoms with Crippen LogP contribution in [-0.2, 0) is 14.3 Å². The topological polar surface area (TPSA) is 105 Å². The number of hydrogen-bond donors (Lipinski definition) is 3. The van der Waals surface area contributed by atoms with E-state index >= 15 is 0 Å². The van der Waals surface area contributed by atoms with Crippen molar-refractivity contribution in [3.8, 4) is 11.1 Å². The summed E-state index contributed by atoms with van der Waals surface area (Å²) in [5.41, 5.74) is 4.43. The van der Waals surface area contributed by atoms with Crippen molar-refractivity contribution in [1.82, 2.24) is 10.6 Å². The Hall–Kier alpha value is -3.35. The molecule has 2 amide bonds. The number of nitrogens with one attached hydrogen (secondary N) is 2. The molecule has 2 aliphatic rings. The predicted molar refractivity (Wildman–Crippen MR) is 133 cm³/mol. The molecule has 0 aliphatic heterocycles. The molecular weight excluding hydrogens is 444 g/mol. The van der Waals surface area contributed by atoms with Crippen molar-refractivity contribution in [3.63, 3.8) is 0 Å². The number of carboxylic acids is 1. The van der Waals surface area contributed by atoms with E-state index in [1.807, 2.05) is 45.0 Å². The normalized spacial score (nSPS) is 16.5. The smallest absolute Gasteiger partial charge is 0.407 e. The van der Waals surface area contributed by atoms with Gasteiger partial charge in [0.15, 0.2) is 0 Å². The summed E-state index contributed by atoms with van der Waals surface area (Å²) >= 11 is 0. The van der Waals surface area contributed by atoms with Crippen LogP contribution in [0, 0.1) is 11.3 Å². The zero-order chi connectivity index (χ0) is 25.2. The number of carbonyl (C=O) groups excluding carboxylic acids is 2. The van der Waals surface area contributed by atoms with Crippen LogP contribution in [0.15, 0.2) is 48.5 Å². The molecule has 0 radical (unpaired) electrons. The molecule has 7 nitrogen and oxygen atoms in total. The van der Waals surface area contributed by atoms with Crippen molar-refractivity contribution in [2.24, 2.45) is 11.3 Å². The summed E-state index contributed by atoms with van der Waals surface area (Å²) in [7, 11) is 0. The van der Waals surface area contributed by atoms with Crippen LogP contribution in [0.3, 0.4) is 0 Å². The molecule has 2 aliphatic carbocycles. The van der Waals surface area contributed by atoms with Gasteiger partial charge >= 0.3 is 12.1 Å². The monoisotopic (exact) mass is 478 g/mol. The van der Waals surface area contributed by atoms with Crippen LogP contribution in [-0.4, -0.2) is 41.8 Å². The standard InChI is InChI=1S/C28H34N2O5/c1-28(2,3)15-18(14-24(31)30-25(26(32)33)17-12-13-17)29-27(34)35-16-23-21-10-6-4-8-19(21)20-9-5-7-11-22(20)23/h4-11,17-18,23,25H,12-16H2,1-3H3,(H,29,34)(H,30,31)(H,32,33). The molecule has 1 saturated carbocycles. The molecule has 7 heteroatoms. The van der Waals surface area contributed by atoms with Crippen LogP contribution in [0.5, 0.6) is 0 Å². The number of ether oxygens (including phenoxy) is 1. The highest BCUT2D eigenvalue weighted by atomic mass is 16.5. The number of aliphatic carboxylic acids is 1. The summed E-state index contributed by atoms with van der Waals surface area (Å²) in [4.78, 5) is 36.9. The van der Waals surface area contributed by atoms with Crippen LogP contribution in [0.1, 0.15) is 63.5 Å². The van der Waals surface area contributed by atoms with Gasteiger partial charge in [-0.05, 0) is 52.8 Å². The summed E-state index contributed by atoms with van der Waals surface area (Å²) in [5, 5.41) is 14.9. The van der Waals surface area contributed by atoms with Gasteiger partial charge in [-0.1, -0.05) is 69.3 Å². The zero-order valence-corrected chi connectivity index (χ0v) is 20.5. The van der Waals surface area contributed by atoms with E-state index in [1.54, 1.807) is 0 Å². The number of amides is 2. The Kier molecular flexibility index (Phi) is 7.15. The highest BCUT2D eigenvalue weighted by Crippen LogP contribution is 2.44. The highest BCUT2D eigenvalue weighted by molar-refractivity contribution is 5.84. The van der Waals surface area contributed by atoms with Gasteiger partial charge in [-0.25, -0.2) is 9.59 Å². The van der Waals surface area contributed by atoms with E-state index in [2.05, 4.69) is 34.9 Å². The van der Waals surface area contributed by atoms with Gasteiger partial charge < -0.3 is 20.5 Å². The number of benzene rings is 2. The molecule has 1 fully saturated rings. The molecule has 4 rings (SSSR count). The fourth-order valence-electron chi connectivity index (χ4n) is 4.99. The molecule has 3 N–H and O–H groups in total. The van der Waals surface area contributed by atoms with E-state index in [0.29, 0.717) is 6.42 Å². The summed E-state index contributed by atoms with van der Waals surface area (Å²) < 4.78 is 5.66. The second kappa shape index (κ2) is 10.1. The van der Waals surface area contributed by atoms with Crippen LogP contribution in [0.2, 0.25) is 0 Å². The van der Waals surface area contributed by atoms with Gasteiger partial charge in [0.25, 0.3) is 0 Å². The number of carbonyl (C=O) groups is 3. The second-order valence-electron chi connectivity index (χ2n) is 10.9. The van der Waals surface area contributed by atoms with E-state index in [4.69, 9.17) is 4.74 Å². The number of rotatable bonds is 9. The van der Waals surface area contributed by atoms with Gasteiger partial charge in [-0.3, -0.25) is 4.79 Å². The van der Waals surface area contributed by atoms with Gasteiger partial charge in [0.1, 0.15) is 12.6 Å². The first-order valence-corrected chi connectivity index (χ1v) is 12.3. The van der Waals surface area contributed by atoms with Gasteiger partial charge in [0, 0.05) is 18.4 Å². The number of carboxylic acid groups (broad SMARTS) is 1. The average molecular weight is 479 g/mol. The molecular formula is C28H34N2O5. The lowest BCUT2D eigenvalue weighted by molar-refractivity contribution is -0.142. The first-order valence-electron chi connectivity index (χ1n) is 12.3. The maximum atomic E-state index is 12.8. The third kappa shape index (κ3) is 6.21. The van der Waals surface area contributed by atoms with Crippen LogP contribution in [0.25, 0.3) is 11.1 Å². The molecule has 186 valence electrons. The second-order valence-corrected chi connectivity index (χ2v) is 10.9. The van der Waals surface area contributed by atoms with Crippen LogP contribution < -0.4 is 10.6 Å². The van der Waals surface area contributed by atoms with Crippen molar-refractivity contribution >= 4 is 18.0 Å². The lowest BCUT2D eigenvalue weighted by Gasteiger charge is -2.27. The third-order valence-electron chi connectivity index (χ3n) is 6.63. The molecule has 0 aromatic heterocycles. The Morgan fingerprint density at radius 2 is 1.54 bits per heavy atom. The summed E-state index contributed by atoms with van der Waals surface area (Å²) in [6.07, 6.45) is 1.58. The molecule has 2 unspecified atom stereocenters. The minimum atomic E-state index is -1.02. The Balaban J connectivity index is 1.38. The summed E-state index contributed by atoms with van der Waals surface area (Å²) in [6, 6.07) is 14.9. The lowest BCUT2D eigenvalue weighted by Crippen LogP contribution is -2.46. The fraction of sp³-hybridized carbons (Fsp3) is 0.464. The molecule has 0 heterocycles. The van der Waals surface area contributed by atoms with E-state index in [9.17, 15) is 19.5 Å². The molecule has 2 aromatic carbocycles. The van der Waals surface area contributed by atoms with E-state index in [0.717, 1.165) is 35.1 Å². The van der Waals surface area contributed by atoms with Crippen molar-refractivity contribution < 1.29 is 24.2 Å². The molecule has 0 saturated heterocycles. The largest absolute Gasteiger partial charge is 0.480 e. The third-order valence-corrected chi connectivity index (χ3v) is 6.63. The Labute approximate surface area is 206 Å². The van der Waals surface area contributed by atoms with Crippen molar-refractivity contribution in [3.05, 3.63) is 59.7 Å². The maximum Gasteiger partial charge on any atom is 0.407 e. The highest BCUT2D eigenvalue weighted by Gasteiger charge is 2.38. The predicted octanol–water partition coefficient (Wildman–Crippen LogP) is 4.70. The number of fused-ring (bicyclic) bond motifs is 3. The quantitative estimate of drug-likeness (QED) is 0.485. The molecule has 0 bridgehead atoms. The Morgan fingerprint density at radius 1 is 0.971 bits per heavy atom. The Bertz CT molecular complexity index is 1060. The SMILES string of the molecule is CC(C)(C)CC(CC(=O)NC(C(=O)O)C1CC1)NC(=O)OCC1c2ccccc2-c2ccccc21. The first kappa shape index (κ1) is 24.8. The van der Waals surface area contributed by atoms with Crippen LogP contribution >= 0.6 is 0 Å². The minimum Gasteiger partial charge on any atom is -0.480 e. The number of alkyl carbamates (subject to hydrolysis) is 1. The van der Waals surface area contributed by atoms with Gasteiger partial charge in [-0.2, -0.15) is 0 Å². The lowest BCUT2D eigenvalue weighted by atomic mass is 9.87. The number of hydrogen-bond acceptors (Lipinski definition) is 4. The molecule has 35 heavy (non-hydrogen) atoms. The average Bonchev–Trinajstić information content (AvgIpc) is 3.57. The first-order chi connectivity index (χ1) is 16.6. The molecule has 2 aromatic rings. The van der Waals surface area contributed by atoms with Gasteiger partial charge in [0.05, 0.1) is 0 Å². The molecule has 2 atom stereocenters. The zero-order valence-electron chi connectivity index (χ0n) is 20.5. The van der Waals surface area contributed by atoms with E-state index in [-0.39, 0.29) is 36.2 Å². The summed E-state index contributed by atoms with van der Waals surface area (Å²) in [5.74, 6) is -1.45. The minimum absolute atomic E-state index is 0.00202. The van der Waals surface area contributed by atoms with Crippen LogP contribution in [0.4, 0.5) is 4.79 Å².